The normalized spacial score (nSPS) is 22.3. The van der Waals surface area contributed by atoms with Crippen LogP contribution in [0.1, 0.15) is 22.5 Å². The van der Waals surface area contributed by atoms with Gasteiger partial charge in [-0.15, -0.1) is 0 Å². The maximum atomic E-state index is 11.9. The van der Waals surface area contributed by atoms with Crippen LogP contribution < -0.4 is 5.32 Å². The monoisotopic (exact) mass is 254 g/mol. The first-order valence-corrected chi connectivity index (χ1v) is 7.23. The predicted octanol–water partition coefficient (Wildman–Crippen LogP) is 0.307. The largest absolute Gasteiger partial charge is 0.348 e. The number of amides is 1. The van der Waals surface area contributed by atoms with Crippen molar-refractivity contribution in [3.05, 3.63) is 29.6 Å². The minimum absolute atomic E-state index is 0.0397. The fraction of sp³-hybridized carbons (Fsp3) is 0.455. The second-order valence-corrected chi connectivity index (χ2v) is 6.44. The lowest BCUT2D eigenvalue weighted by Gasteiger charge is -2.11. The van der Waals surface area contributed by atoms with Gasteiger partial charge in [0.15, 0.2) is 9.84 Å². The van der Waals surface area contributed by atoms with Gasteiger partial charge in [-0.2, -0.15) is 0 Å². The number of hydrogen-bond donors (Lipinski definition) is 1. The molecule has 1 aromatic rings. The molecule has 0 radical (unpaired) electrons. The number of aryl methyl sites for hydroxylation is 1. The molecule has 1 aliphatic rings. The Balaban J connectivity index is 2.06. The van der Waals surface area contributed by atoms with Crippen molar-refractivity contribution in [3.63, 3.8) is 0 Å². The van der Waals surface area contributed by atoms with Gasteiger partial charge in [-0.05, 0) is 25.5 Å². The fourth-order valence-electron chi connectivity index (χ4n) is 1.90. The van der Waals surface area contributed by atoms with Crippen molar-refractivity contribution < 1.29 is 13.2 Å². The maximum Gasteiger partial charge on any atom is 0.253 e. The number of hydrogen-bond acceptors (Lipinski definition) is 4. The van der Waals surface area contributed by atoms with Crippen LogP contribution in [0.15, 0.2) is 18.3 Å². The number of rotatable bonds is 2. The second kappa shape index (κ2) is 4.44. The van der Waals surface area contributed by atoms with E-state index in [2.05, 4.69) is 10.3 Å². The Kier molecular flexibility index (Phi) is 3.15. The summed E-state index contributed by atoms with van der Waals surface area (Å²) >= 11 is 0. The molecule has 2 heterocycles. The summed E-state index contributed by atoms with van der Waals surface area (Å²) in [5.74, 6) is -0.0557. The number of sulfone groups is 1. The van der Waals surface area contributed by atoms with Gasteiger partial charge in [-0.1, -0.05) is 0 Å². The van der Waals surface area contributed by atoms with Gasteiger partial charge in [-0.25, -0.2) is 8.42 Å². The minimum Gasteiger partial charge on any atom is -0.348 e. The quantitative estimate of drug-likeness (QED) is 0.824. The Morgan fingerprint density at radius 1 is 1.53 bits per heavy atom. The molecule has 0 bridgehead atoms. The summed E-state index contributed by atoms with van der Waals surface area (Å²) in [7, 11) is -2.96. The molecule has 0 aromatic carbocycles. The smallest absolute Gasteiger partial charge is 0.253 e. The highest BCUT2D eigenvalue weighted by Gasteiger charge is 2.29. The number of carbonyl (C=O) groups excluding carboxylic acids is 1. The van der Waals surface area contributed by atoms with Gasteiger partial charge >= 0.3 is 0 Å². The van der Waals surface area contributed by atoms with E-state index < -0.39 is 9.84 Å². The summed E-state index contributed by atoms with van der Waals surface area (Å²) in [4.78, 5) is 15.9. The number of pyridine rings is 1. The standard InChI is InChI=1S/C11H14N2O3S/c1-8-10(3-2-5-12-8)11(14)13-9-4-6-17(15,16)7-9/h2-3,5,9H,4,6-7H2,1H3,(H,13,14). The van der Waals surface area contributed by atoms with E-state index in [-0.39, 0.29) is 23.5 Å². The molecule has 5 nitrogen and oxygen atoms in total. The number of nitrogens with one attached hydrogen (secondary N) is 1. The summed E-state index contributed by atoms with van der Waals surface area (Å²) in [5.41, 5.74) is 1.14. The van der Waals surface area contributed by atoms with Crippen molar-refractivity contribution in [1.29, 1.82) is 0 Å². The molecule has 1 amide bonds. The van der Waals surface area contributed by atoms with Crippen molar-refractivity contribution in [2.75, 3.05) is 11.5 Å². The van der Waals surface area contributed by atoms with Crippen molar-refractivity contribution >= 4 is 15.7 Å². The first kappa shape index (κ1) is 12.0. The molecular formula is C11H14N2O3S. The molecule has 0 aliphatic carbocycles. The Bertz CT molecular complexity index is 539. The summed E-state index contributed by atoms with van der Waals surface area (Å²) in [6, 6.07) is 3.10. The molecular weight excluding hydrogens is 240 g/mol. The van der Waals surface area contributed by atoms with Crippen molar-refractivity contribution in [3.8, 4) is 0 Å². The Hall–Kier alpha value is -1.43. The zero-order chi connectivity index (χ0) is 12.5. The van der Waals surface area contributed by atoms with Crippen molar-refractivity contribution in [1.82, 2.24) is 10.3 Å². The molecule has 1 aliphatic heterocycles. The Morgan fingerprint density at radius 3 is 2.88 bits per heavy atom. The summed E-state index contributed by atoms with van der Waals surface area (Å²) in [6.07, 6.45) is 2.11. The maximum absolute atomic E-state index is 11.9. The van der Waals surface area contributed by atoms with Crippen LogP contribution in [0.25, 0.3) is 0 Å². The Labute approximate surface area is 100 Å². The van der Waals surface area contributed by atoms with E-state index in [9.17, 15) is 13.2 Å². The first-order chi connectivity index (χ1) is 7.98. The van der Waals surface area contributed by atoms with Gasteiger partial charge in [0.05, 0.1) is 17.1 Å². The van der Waals surface area contributed by atoms with E-state index in [1.165, 1.54) is 0 Å². The van der Waals surface area contributed by atoms with Gasteiger partial charge in [0, 0.05) is 17.9 Å². The van der Waals surface area contributed by atoms with Crippen LogP contribution in [0.5, 0.6) is 0 Å². The number of carbonyl (C=O) groups is 1. The lowest BCUT2D eigenvalue weighted by Crippen LogP contribution is -2.36. The summed E-state index contributed by atoms with van der Waals surface area (Å²) in [6.45, 7) is 1.75. The predicted molar refractivity (Wildman–Crippen MR) is 63.5 cm³/mol. The highest BCUT2D eigenvalue weighted by Crippen LogP contribution is 2.12. The van der Waals surface area contributed by atoms with Crippen LogP contribution in [0, 0.1) is 6.92 Å². The van der Waals surface area contributed by atoms with Crippen LogP contribution in [0.3, 0.4) is 0 Å². The van der Waals surface area contributed by atoms with E-state index in [0.29, 0.717) is 17.7 Å². The molecule has 92 valence electrons. The van der Waals surface area contributed by atoms with Gasteiger partial charge < -0.3 is 5.32 Å². The molecule has 0 spiro atoms. The SMILES string of the molecule is Cc1ncccc1C(=O)NC1CCS(=O)(=O)C1. The van der Waals surface area contributed by atoms with Crippen molar-refractivity contribution in [2.45, 2.75) is 19.4 Å². The van der Waals surface area contributed by atoms with E-state index >= 15 is 0 Å². The highest BCUT2D eigenvalue weighted by molar-refractivity contribution is 7.91. The van der Waals surface area contributed by atoms with Crippen LogP contribution in [0.2, 0.25) is 0 Å². The molecule has 1 aromatic heterocycles. The average molecular weight is 254 g/mol. The molecule has 1 fully saturated rings. The van der Waals surface area contributed by atoms with Gasteiger partial charge in [-0.3, -0.25) is 9.78 Å². The third kappa shape index (κ3) is 2.82. The molecule has 2 rings (SSSR count). The lowest BCUT2D eigenvalue weighted by atomic mass is 10.1. The second-order valence-electron chi connectivity index (χ2n) is 4.21. The van der Waals surface area contributed by atoms with Crippen LogP contribution >= 0.6 is 0 Å². The molecule has 0 saturated carbocycles. The minimum atomic E-state index is -2.96. The third-order valence-corrected chi connectivity index (χ3v) is 4.59. The topological polar surface area (TPSA) is 76.1 Å². The van der Waals surface area contributed by atoms with Gasteiger partial charge in [0.25, 0.3) is 5.91 Å². The number of nitrogens with zero attached hydrogens (tertiary/aromatic N) is 1. The van der Waals surface area contributed by atoms with E-state index in [0.717, 1.165) is 0 Å². The van der Waals surface area contributed by atoms with Crippen LogP contribution in [0.4, 0.5) is 0 Å². The summed E-state index contributed by atoms with van der Waals surface area (Å²) in [5, 5.41) is 2.73. The molecule has 1 saturated heterocycles. The first-order valence-electron chi connectivity index (χ1n) is 5.41. The molecule has 1 atom stereocenters. The Morgan fingerprint density at radius 2 is 2.29 bits per heavy atom. The molecule has 6 heteroatoms. The lowest BCUT2D eigenvalue weighted by molar-refractivity contribution is 0.0940. The van der Waals surface area contributed by atoms with E-state index in [4.69, 9.17) is 0 Å². The zero-order valence-electron chi connectivity index (χ0n) is 9.51. The number of aromatic nitrogens is 1. The van der Waals surface area contributed by atoms with Gasteiger partial charge in [0.2, 0.25) is 0 Å². The average Bonchev–Trinajstić information content (AvgIpc) is 2.58. The molecule has 1 unspecified atom stereocenters. The van der Waals surface area contributed by atoms with Crippen LogP contribution in [-0.2, 0) is 9.84 Å². The van der Waals surface area contributed by atoms with Gasteiger partial charge in [0.1, 0.15) is 0 Å². The van der Waals surface area contributed by atoms with E-state index in [1.54, 1.807) is 25.3 Å². The third-order valence-electron chi connectivity index (χ3n) is 2.82. The summed E-state index contributed by atoms with van der Waals surface area (Å²) < 4.78 is 22.5. The highest BCUT2D eigenvalue weighted by atomic mass is 32.2. The van der Waals surface area contributed by atoms with Crippen LogP contribution in [-0.4, -0.2) is 36.9 Å². The molecule has 1 N–H and O–H groups in total. The van der Waals surface area contributed by atoms with E-state index in [1.807, 2.05) is 0 Å². The fourth-order valence-corrected chi connectivity index (χ4v) is 3.57. The van der Waals surface area contributed by atoms with Crippen molar-refractivity contribution in [2.24, 2.45) is 0 Å². The molecule has 17 heavy (non-hydrogen) atoms. The zero-order valence-corrected chi connectivity index (χ0v) is 10.3.